The second-order valence-corrected chi connectivity index (χ2v) is 7.59. The number of rotatable bonds is 6. The fourth-order valence-corrected chi connectivity index (χ4v) is 4.16. The maximum absolute atomic E-state index is 13.2. The molecule has 0 saturated heterocycles. The molecule has 3 aromatic rings. The van der Waals surface area contributed by atoms with Crippen LogP contribution in [0.15, 0.2) is 70.3 Å². The van der Waals surface area contributed by atoms with Crippen molar-refractivity contribution in [3.05, 3.63) is 104 Å². The number of aromatic nitrogens is 2. The van der Waals surface area contributed by atoms with Gasteiger partial charge in [0.1, 0.15) is 0 Å². The molecule has 0 spiro atoms. The monoisotopic (exact) mass is 389 g/mol. The van der Waals surface area contributed by atoms with Gasteiger partial charge in [0.15, 0.2) is 0 Å². The number of nitrogens with zero attached hydrogens (tertiary/aromatic N) is 3. The zero-order valence-electron chi connectivity index (χ0n) is 16.9. The van der Waals surface area contributed by atoms with Crippen molar-refractivity contribution in [1.29, 1.82) is 0 Å². The van der Waals surface area contributed by atoms with E-state index >= 15 is 0 Å². The molecule has 0 bridgehead atoms. The molecular weight excluding hydrogens is 362 g/mol. The Morgan fingerprint density at radius 2 is 1.52 bits per heavy atom. The average Bonchev–Trinajstić information content (AvgIpc) is 2.77. The minimum absolute atomic E-state index is 0.136. The molecule has 29 heavy (non-hydrogen) atoms. The first-order valence-corrected chi connectivity index (χ1v) is 10.3. The maximum Gasteiger partial charge on any atom is 0.331 e. The van der Waals surface area contributed by atoms with Gasteiger partial charge in [-0.25, -0.2) is 4.79 Å². The van der Waals surface area contributed by atoms with Gasteiger partial charge in [-0.2, -0.15) is 0 Å². The van der Waals surface area contributed by atoms with Crippen LogP contribution in [0.3, 0.4) is 0 Å². The van der Waals surface area contributed by atoms with Crippen LogP contribution in [0.25, 0.3) is 0 Å². The first-order valence-electron chi connectivity index (χ1n) is 10.3. The minimum atomic E-state index is -0.196. The molecule has 0 atom stereocenters. The number of hydrogen-bond donors (Lipinski definition) is 0. The summed E-state index contributed by atoms with van der Waals surface area (Å²) in [6.45, 7) is 5.27. The predicted octanol–water partition coefficient (Wildman–Crippen LogP) is 2.68. The summed E-state index contributed by atoms with van der Waals surface area (Å²) in [6.07, 6.45) is 1.70. The highest BCUT2D eigenvalue weighted by atomic mass is 16.2. The van der Waals surface area contributed by atoms with Crippen LogP contribution in [-0.4, -0.2) is 27.1 Å². The Bertz CT molecular complexity index is 1080. The van der Waals surface area contributed by atoms with Gasteiger partial charge in [0, 0.05) is 38.3 Å². The van der Waals surface area contributed by atoms with Crippen LogP contribution in [0.1, 0.15) is 29.3 Å². The fraction of sp³-hybridized carbons (Fsp3) is 0.333. The Morgan fingerprint density at radius 1 is 0.862 bits per heavy atom. The van der Waals surface area contributed by atoms with Crippen molar-refractivity contribution in [2.24, 2.45) is 0 Å². The summed E-state index contributed by atoms with van der Waals surface area (Å²) in [6, 6.07) is 20.1. The molecule has 1 aliphatic heterocycles. The van der Waals surface area contributed by atoms with Crippen LogP contribution >= 0.6 is 0 Å². The van der Waals surface area contributed by atoms with Crippen LogP contribution in [0.5, 0.6) is 0 Å². The van der Waals surface area contributed by atoms with E-state index in [0.717, 1.165) is 42.8 Å². The smallest absolute Gasteiger partial charge is 0.298 e. The van der Waals surface area contributed by atoms with Crippen LogP contribution in [0.4, 0.5) is 0 Å². The standard InChI is InChI=1S/C24H27N3O2/c1-2-26-22-14-16-25(15-13-19-9-5-3-6-10-19)18-21(22)23(28)27(24(26)29)17-20-11-7-4-8-12-20/h3-12H,2,13-18H2,1H3. The summed E-state index contributed by atoms with van der Waals surface area (Å²) in [5, 5.41) is 0. The third kappa shape index (κ3) is 4.10. The lowest BCUT2D eigenvalue weighted by Gasteiger charge is -2.30. The van der Waals surface area contributed by atoms with Gasteiger partial charge in [0.2, 0.25) is 0 Å². The van der Waals surface area contributed by atoms with Gasteiger partial charge in [-0.3, -0.25) is 18.8 Å². The third-order valence-corrected chi connectivity index (χ3v) is 5.75. The van der Waals surface area contributed by atoms with Crippen molar-refractivity contribution in [2.45, 2.75) is 39.4 Å². The van der Waals surface area contributed by atoms with Gasteiger partial charge in [-0.1, -0.05) is 60.7 Å². The van der Waals surface area contributed by atoms with Gasteiger partial charge in [0.25, 0.3) is 5.56 Å². The molecule has 2 aromatic carbocycles. The van der Waals surface area contributed by atoms with E-state index < -0.39 is 0 Å². The molecule has 0 unspecified atom stereocenters. The van der Waals surface area contributed by atoms with E-state index in [1.54, 1.807) is 4.57 Å². The number of hydrogen-bond acceptors (Lipinski definition) is 3. The van der Waals surface area contributed by atoms with E-state index in [2.05, 4.69) is 29.2 Å². The van der Waals surface area contributed by atoms with Gasteiger partial charge in [0.05, 0.1) is 12.1 Å². The van der Waals surface area contributed by atoms with Crippen LogP contribution in [0.2, 0.25) is 0 Å². The molecule has 0 fully saturated rings. The highest BCUT2D eigenvalue weighted by Crippen LogP contribution is 2.16. The molecule has 150 valence electrons. The second-order valence-electron chi connectivity index (χ2n) is 7.59. The van der Waals surface area contributed by atoms with Gasteiger partial charge >= 0.3 is 5.69 Å². The summed E-state index contributed by atoms with van der Waals surface area (Å²) >= 11 is 0. The molecule has 0 N–H and O–H groups in total. The maximum atomic E-state index is 13.2. The molecule has 5 heteroatoms. The van der Waals surface area contributed by atoms with Crippen molar-refractivity contribution in [3.63, 3.8) is 0 Å². The lowest BCUT2D eigenvalue weighted by atomic mass is 10.0. The molecule has 0 saturated carbocycles. The third-order valence-electron chi connectivity index (χ3n) is 5.75. The largest absolute Gasteiger partial charge is 0.331 e. The molecule has 0 aliphatic carbocycles. The summed E-state index contributed by atoms with van der Waals surface area (Å²) in [5.74, 6) is 0. The summed E-state index contributed by atoms with van der Waals surface area (Å²) in [5.41, 5.74) is 3.63. The quantitative estimate of drug-likeness (QED) is 0.651. The first-order chi connectivity index (χ1) is 14.2. The van der Waals surface area contributed by atoms with Crippen molar-refractivity contribution in [2.75, 3.05) is 13.1 Å². The summed E-state index contributed by atoms with van der Waals surface area (Å²) in [7, 11) is 0. The van der Waals surface area contributed by atoms with Gasteiger partial charge in [-0.15, -0.1) is 0 Å². The Balaban J connectivity index is 1.63. The molecule has 5 nitrogen and oxygen atoms in total. The fourth-order valence-electron chi connectivity index (χ4n) is 4.16. The van der Waals surface area contributed by atoms with Gasteiger partial charge < -0.3 is 0 Å². The predicted molar refractivity (Wildman–Crippen MR) is 115 cm³/mol. The van der Waals surface area contributed by atoms with Crippen LogP contribution in [0, 0.1) is 0 Å². The SMILES string of the molecule is CCn1c2c(c(=O)n(Cc3ccccc3)c1=O)CN(CCc1ccccc1)CC2. The second kappa shape index (κ2) is 8.62. The van der Waals surface area contributed by atoms with E-state index in [-0.39, 0.29) is 11.2 Å². The van der Waals surface area contributed by atoms with Crippen molar-refractivity contribution >= 4 is 0 Å². The zero-order chi connectivity index (χ0) is 20.2. The first kappa shape index (κ1) is 19.4. The van der Waals surface area contributed by atoms with E-state index in [1.165, 1.54) is 10.1 Å². The summed E-state index contributed by atoms with van der Waals surface area (Å²) < 4.78 is 3.19. The Kier molecular flexibility index (Phi) is 5.76. The van der Waals surface area contributed by atoms with Crippen molar-refractivity contribution in [3.8, 4) is 0 Å². The van der Waals surface area contributed by atoms with Crippen LogP contribution < -0.4 is 11.2 Å². The lowest BCUT2D eigenvalue weighted by molar-refractivity contribution is 0.247. The minimum Gasteiger partial charge on any atom is -0.298 e. The summed E-state index contributed by atoms with van der Waals surface area (Å²) in [4.78, 5) is 28.6. The lowest BCUT2D eigenvalue weighted by Crippen LogP contribution is -2.48. The Labute approximate surface area is 170 Å². The average molecular weight is 389 g/mol. The molecular formula is C24H27N3O2. The zero-order valence-corrected chi connectivity index (χ0v) is 16.9. The van der Waals surface area contributed by atoms with E-state index in [0.29, 0.717) is 19.6 Å². The van der Waals surface area contributed by atoms with E-state index in [9.17, 15) is 9.59 Å². The highest BCUT2D eigenvalue weighted by molar-refractivity contribution is 5.23. The van der Waals surface area contributed by atoms with Crippen molar-refractivity contribution in [1.82, 2.24) is 14.0 Å². The molecule has 4 rings (SSSR count). The van der Waals surface area contributed by atoms with Gasteiger partial charge in [-0.05, 0) is 24.5 Å². The number of fused-ring (bicyclic) bond motifs is 1. The molecule has 1 aliphatic rings. The van der Waals surface area contributed by atoms with E-state index in [4.69, 9.17) is 0 Å². The molecule has 0 amide bonds. The number of benzene rings is 2. The Hall–Kier alpha value is -2.92. The topological polar surface area (TPSA) is 47.2 Å². The Morgan fingerprint density at radius 3 is 2.17 bits per heavy atom. The normalized spacial score (nSPS) is 14.0. The van der Waals surface area contributed by atoms with E-state index in [1.807, 2.05) is 43.3 Å². The van der Waals surface area contributed by atoms with Crippen LogP contribution in [-0.2, 0) is 32.5 Å². The molecule has 2 heterocycles. The molecule has 0 radical (unpaired) electrons. The highest BCUT2D eigenvalue weighted by Gasteiger charge is 2.24. The molecule has 1 aromatic heterocycles. The van der Waals surface area contributed by atoms with Crippen molar-refractivity contribution < 1.29 is 0 Å².